The van der Waals surface area contributed by atoms with Gasteiger partial charge in [0.05, 0.1) is 18.3 Å². The molecule has 4 rings (SSSR count). The van der Waals surface area contributed by atoms with E-state index in [2.05, 4.69) is 10.3 Å². The molecule has 10 heteroatoms. The number of fused-ring (bicyclic) bond motifs is 1. The number of ether oxygens (including phenoxy) is 1. The van der Waals surface area contributed by atoms with Gasteiger partial charge in [-0.2, -0.15) is 13.2 Å². The van der Waals surface area contributed by atoms with Crippen molar-refractivity contribution in [1.82, 2.24) is 14.7 Å². The van der Waals surface area contributed by atoms with E-state index in [1.807, 2.05) is 0 Å². The third-order valence-corrected chi connectivity index (χ3v) is 6.35. The summed E-state index contributed by atoms with van der Waals surface area (Å²) in [5.74, 6) is -3.41. The second-order valence-electron chi connectivity index (χ2n) is 8.87. The van der Waals surface area contributed by atoms with E-state index in [0.29, 0.717) is 18.9 Å². The van der Waals surface area contributed by atoms with Crippen molar-refractivity contribution < 1.29 is 31.5 Å². The van der Waals surface area contributed by atoms with Gasteiger partial charge in [0.25, 0.3) is 5.91 Å². The third-order valence-electron chi connectivity index (χ3n) is 6.35. The summed E-state index contributed by atoms with van der Waals surface area (Å²) in [6.07, 6.45) is -3.37. The first-order valence-corrected chi connectivity index (χ1v) is 10.9. The number of carbonyl (C=O) groups excluding carboxylic acids is 1. The lowest BCUT2D eigenvalue weighted by Crippen LogP contribution is -2.40. The molecule has 2 aromatic rings. The van der Waals surface area contributed by atoms with E-state index in [1.165, 1.54) is 16.5 Å². The van der Waals surface area contributed by atoms with Gasteiger partial charge in [0.2, 0.25) is 5.92 Å². The number of hydrogen-bond donors (Lipinski definition) is 1. The average molecular weight is 459 g/mol. The van der Waals surface area contributed by atoms with Gasteiger partial charge in [0.1, 0.15) is 5.65 Å². The van der Waals surface area contributed by atoms with E-state index in [9.17, 15) is 26.7 Å². The number of nitrogens with zero attached hydrogens (tertiary/aromatic N) is 2. The van der Waals surface area contributed by atoms with Crippen molar-refractivity contribution in [1.29, 1.82) is 0 Å². The smallest absolute Gasteiger partial charge is 0.379 e. The number of nitrogens with one attached hydrogen (secondary N) is 1. The lowest BCUT2D eigenvalue weighted by Gasteiger charge is -2.28. The molecule has 1 amide bonds. The summed E-state index contributed by atoms with van der Waals surface area (Å²) in [5, 5.41) is 2.86. The van der Waals surface area contributed by atoms with E-state index < -0.39 is 23.7 Å². The average Bonchev–Trinajstić information content (AvgIpc) is 3.09. The van der Waals surface area contributed by atoms with E-state index >= 15 is 0 Å². The number of hydrogen-bond acceptors (Lipinski definition) is 3. The summed E-state index contributed by atoms with van der Waals surface area (Å²) in [6.45, 7) is 2.67. The molecule has 32 heavy (non-hydrogen) atoms. The van der Waals surface area contributed by atoms with E-state index in [0.717, 1.165) is 12.8 Å². The highest BCUT2D eigenvalue weighted by Gasteiger charge is 2.40. The van der Waals surface area contributed by atoms with Crippen LogP contribution in [0.5, 0.6) is 0 Å². The molecule has 0 spiro atoms. The van der Waals surface area contributed by atoms with Crippen LogP contribution in [0.3, 0.4) is 0 Å². The summed E-state index contributed by atoms with van der Waals surface area (Å²) in [6, 6.07) is 2.74. The highest BCUT2D eigenvalue weighted by Crippen LogP contribution is 2.40. The number of pyridine rings is 1. The van der Waals surface area contributed by atoms with Gasteiger partial charge in [-0.25, -0.2) is 13.8 Å². The van der Waals surface area contributed by atoms with E-state index in [4.69, 9.17) is 4.74 Å². The van der Waals surface area contributed by atoms with E-state index in [-0.39, 0.29) is 61.0 Å². The van der Waals surface area contributed by atoms with Crippen molar-refractivity contribution in [3.63, 3.8) is 0 Å². The number of imidazole rings is 1. The summed E-state index contributed by atoms with van der Waals surface area (Å²) in [7, 11) is 0. The van der Waals surface area contributed by atoms with Crippen LogP contribution in [0.4, 0.5) is 22.0 Å². The first kappa shape index (κ1) is 22.9. The highest BCUT2D eigenvalue weighted by molar-refractivity contribution is 5.95. The van der Waals surface area contributed by atoms with Gasteiger partial charge in [-0.1, -0.05) is 0 Å². The molecule has 5 nitrogen and oxygen atoms in total. The summed E-state index contributed by atoms with van der Waals surface area (Å²) in [5.41, 5.74) is -0.364. The number of amides is 1. The van der Waals surface area contributed by atoms with Crippen LogP contribution < -0.4 is 5.32 Å². The molecule has 0 aromatic carbocycles. The van der Waals surface area contributed by atoms with Gasteiger partial charge < -0.3 is 14.5 Å². The van der Waals surface area contributed by atoms with Crippen LogP contribution in [0.1, 0.15) is 66.0 Å². The van der Waals surface area contributed by atoms with Crippen LogP contribution in [0, 0.1) is 12.8 Å². The lowest BCUT2D eigenvalue weighted by molar-refractivity contribution is -0.141. The maximum Gasteiger partial charge on any atom is 0.435 e. The van der Waals surface area contributed by atoms with Gasteiger partial charge in [-0.3, -0.25) is 4.79 Å². The Morgan fingerprint density at radius 2 is 1.97 bits per heavy atom. The van der Waals surface area contributed by atoms with Gasteiger partial charge in [0.15, 0.2) is 5.69 Å². The zero-order valence-electron chi connectivity index (χ0n) is 17.8. The van der Waals surface area contributed by atoms with Crippen molar-refractivity contribution in [2.75, 3.05) is 13.2 Å². The molecule has 1 aliphatic carbocycles. The number of aromatic nitrogens is 2. The molecular formula is C22H26F5N3O2. The number of carbonyl (C=O) groups is 1. The molecule has 1 atom stereocenters. The van der Waals surface area contributed by atoms with Crippen molar-refractivity contribution in [2.24, 2.45) is 5.92 Å². The lowest BCUT2D eigenvalue weighted by atomic mass is 9.83. The molecule has 1 aliphatic heterocycles. The Morgan fingerprint density at radius 3 is 2.59 bits per heavy atom. The number of rotatable bonds is 4. The maximum absolute atomic E-state index is 13.8. The fourth-order valence-electron chi connectivity index (χ4n) is 4.68. The van der Waals surface area contributed by atoms with Crippen molar-refractivity contribution >= 4 is 11.6 Å². The summed E-state index contributed by atoms with van der Waals surface area (Å²) < 4.78 is 75.0. The minimum absolute atomic E-state index is 0.0118. The standard InChI is InChI=1S/C22H26F5N3O2/c1-13-9-15(20(31)28-16-3-2-8-32-12-16)11-18-29-19(22(25,26)27)17(30(13)18)10-14-4-6-21(23,24)7-5-14/h9,11,14,16H,2-8,10,12H2,1H3,(H,28,31). The molecule has 0 radical (unpaired) electrons. The first-order chi connectivity index (χ1) is 15.0. The zero-order valence-corrected chi connectivity index (χ0v) is 17.8. The predicted octanol–water partition coefficient (Wildman–Crippen LogP) is 4.94. The van der Waals surface area contributed by atoms with Crippen LogP contribution in [0.2, 0.25) is 0 Å². The van der Waals surface area contributed by atoms with Crippen LogP contribution in [-0.2, 0) is 17.3 Å². The molecule has 2 aliphatic rings. The van der Waals surface area contributed by atoms with Crippen molar-refractivity contribution in [3.8, 4) is 0 Å². The number of alkyl halides is 5. The van der Waals surface area contributed by atoms with Gasteiger partial charge in [-0.05, 0) is 57.1 Å². The van der Waals surface area contributed by atoms with Gasteiger partial charge in [0, 0.05) is 30.7 Å². The first-order valence-electron chi connectivity index (χ1n) is 10.9. The Hall–Kier alpha value is -2.23. The normalized spacial score (nSPS) is 22.2. The van der Waals surface area contributed by atoms with E-state index in [1.54, 1.807) is 6.92 Å². The molecule has 1 N–H and O–H groups in total. The highest BCUT2D eigenvalue weighted by atomic mass is 19.4. The largest absolute Gasteiger partial charge is 0.435 e. The monoisotopic (exact) mass is 459 g/mol. The molecule has 0 bridgehead atoms. The molecule has 2 aromatic heterocycles. The van der Waals surface area contributed by atoms with Crippen molar-refractivity contribution in [3.05, 3.63) is 34.8 Å². The van der Waals surface area contributed by atoms with Gasteiger partial charge >= 0.3 is 6.18 Å². The Balaban J connectivity index is 1.64. The Kier molecular flexibility index (Phi) is 6.17. The summed E-state index contributed by atoms with van der Waals surface area (Å²) in [4.78, 5) is 16.5. The number of halogens is 5. The molecule has 1 saturated carbocycles. The minimum atomic E-state index is -4.69. The zero-order chi connectivity index (χ0) is 23.1. The summed E-state index contributed by atoms with van der Waals surface area (Å²) >= 11 is 0. The molecule has 1 saturated heterocycles. The second kappa shape index (κ2) is 8.61. The predicted molar refractivity (Wildman–Crippen MR) is 107 cm³/mol. The van der Waals surface area contributed by atoms with Crippen LogP contribution in [0.25, 0.3) is 5.65 Å². The fraction of sp³-hybridized carbons (Fsp3) is 0.636. The quantitative estimate of drug-likeness (QED) is 0.659. The molecular weight excluding hydrogens is 433 g/mol. The SMILES string of the molecule is Cc1cc(C(=O)NC2CCCOC2)cc2nc(C(F)(F)F)c(CC3CCC(F)(F)CC3)n12. The number of aryl methyl sites for hydroxylation is 1. The molecule has 1 unspecified atom stereocenters. The van der Waals surface area contributed by atoms with Crippen LogP contribution in [-0.4, -0.2) is 40.5 Å². The van der Waals surface area contributed by atoms with Crippen molar-refractivity contribution in [2.45, 2.75) is 70.0 Å². The molecule has 176 valence electrons. The maximum atomic E-state index is 13.8. The fourth-order valence-corrected chi connectivity index (χ4v) is 4.68. The minimum Gasteiger partial charge on any atom is -0.379 e. The van der Waals surface area contributed by atoms with Crippen LogP contribution in [0.15, 0.2) is 12.1 Å². The van der Waals surface area contributed by atoms with Gasteiger partial charge in [-0.15, -0.1) is 0 Å². The topological polar surface area (TPSA) is 55.6 Å². The Morgan fingerprint density at radius 1 is 1.25 bits per heavy atom. The molecule has 3 heterocycles. The Labute approximate surface area is 182 Å². The second-order valence-corrected chi connectivity index (χ2v) is 8.87. The third kappa shape index (κ3) is 4.89. The van der Waals surface area contributed by atoms with Crippen LogP contribution >= 0.6 is 0 Å². The molecule has 2 fully saturated rings. The Bertz CT molecular complexity index is 986.